The molecule has 4 rings (SSSR count). The lowest BCUT2D eigenvalue weighted by molar-refractivity contribution is 0.0669. The minimum atomic E-state index is -0.352. The van der Waals surface area contributed by atoms with E-state index in [1.165, 1.54) is 7.11 Å². The predicted octanol–water partition coefficient (Wildman–Crippen LogP) is 4.57. The second-order valence-electron chi connectivity index (χ2n) is 7.43. The Bertz CT molecular complexity index is 1050. The second-order valence-corrected chi connectivity index (χ2v) is 7.43. The van der Waals surface area contributed by atoms with Gasteiger partial charge in [0.05, 0.1) is 12.7 Å². The smallest absolute Gasteiger partial charge is 0.291 e. The normalized spacial score (nSPS) is 14.8. The highest BCUT2D eigenvalue weighted by Crippen LogP contribution is 2.33. The highest BCUT2D eigenvalue weighted by Gasteiger charge is 2.29. The van der Waals surface area contributed by atoms with E-state index in [0.717, 1.165) is 12.8 Å². The fourth-order valence-electron chi connectivity index (χ4n) is 3.69. The average molecular weight is 392 g/mol. The molecule has 0 atom stereocenters. The van der Waals surface area contributed by atoms with Gasteiger partial charge in [0.1, 0.15) is 17.0 Å². The summed E-state index contributed by atoms with van der Waals surface area (Å²) in [6.45, 7) is 3.58. The molecule has 1 fully saturated rings. The lowest BCUT2D eigenvalue weighted by atomic mass is 9.99. The van der Waals surface area contributed by atoms with E-state index in [2.05, 4.69) is 12.2 Å². The number of carbonyl (C=O) groups excluding carboxylic acids is 2. The van der Waals surface area contributed by atoms with Crippen LogP contribution in [-0.4, -0.2) is 36.9 Å². The van der Waals surface area contributed by atoms with E-state index in [0.29, 0.717) is 47.0 Å². The first-order valence-corrected chi connectivity index (χ1v) is 9.83. The summed E-state index contributed by atoms with van der Waals surface area (Å²) in [7, 11) is 1.52. The van der Waals surface area contributed by atoms with Gasteiger partial charge in [0.2, 0.25) is 5.76 Å². The molecule has 29 heavy (non-hydrogen) atoms. The van der Waals surface area contributed by atoms with Crippen LogP contribution < -0.4 is 10.1 Å². The van der Waals surface area contributed by atoms with Gasteiger partial charge in [-0.05, 0) is 43.0 Å². The average Bonchev–Trinajstić information content (AvgIpc) is 3.12. The predicted molar refractivity (Wildman–Crippen MR) is 111 cm³/mol. The van der Waals surface area contributed by atoms with E-state index >= 15 is 0 Å². The van der Waals surface area contributed by atoms with E-state index in [9.17, 15) is 9.59 Å². The molecule has 1 saturated heterocycles. The van der Waals surface area contributed by atoms with Crippen LogP contribution in [0.1, 0.15) is 40.7 Å². The maximum absolute atomic E-state index is 13.2. The number of likely N-dealkylation sites (tertiary alicyclic amines) is 1. The number of piperidine rings is 1. The van der Waals surface area contributed by atoms with Gasteiger partial charge in [-0.3, -0.25) is 9.59 Å². The number of hydrogen-bond acceptors (Lipinski definition) is 4. The monoisotopic (exact) mass is 392 g/mol. The summed E-state index contributed by atoms with van der Waals surface area (Å²) in [6, 6.07) is 14.3. The molecule has 1 aromatic heterocycles. The summed E-state index contributed by atoms with van der Waals surface area (Å²) in [6.07, 6.45) is 1.93. The van der Waals surface area contributed by atoms with Gasteiger partial charge in [0, 0.05) is 18.5 Å². The van der Waals surface area contributed by atoms with Crippen LogP contribution in [0.15, 0.2) is 52.9 Å². The molecule has 1 aliphatic rings. The summed E-state index contributed by atoms with van der Waals surface area (Å²) in [5.41, 5.74) is 1.36. The zero-order valence-corrected chi connectivity index (χ0v) is 16.6. The number of nitrogens with one attached hydrogen (secondary N) is 1. The van der Waals surface area contributed by atoms with Crippen molar-refractivity contribution >= 4 is 28.5 Å². The quantitative estimate of drug-likeness (QED) is 0.706. The molecule has 2 heterocycles. The Morgan fingerprint density at radius 1 is 1.07 bits per heavy atom. The van der Waals surface area contributed by atoms with Crippen molar-refractivity contribution in [1.29, 1.82) is 0 Å². The summed E-state index contributed by atoms with van der Waals surface area (Å²) in [5, 5.41) is 3.59. The third-order valence-electron chi connectivity index (χ3n) is 5.45. The third kappa shape index (κ3) is 3.70. The number of methoxy groups -OCH3 is 1. The lowest BCUT2D eigenvalue weighted by Crippen LogP contribution is -2.38. The number of benzene rings is 2. The van der Waals surface area contributed by atoms with E-state index in [-0.39, 0.29) is 17.6 Å². The molecule has 150 valence electrons. The standard InChI is InChI=1S/C23H24N2O4/c1-15-11-13-25(14-12-15)23(27)21-20(16-7-3-6-10-19(16)29-21)24-22(26)17-8-4-5-9-18(17)28-2/h3-10,15H,11-14H2,1-2H3,(H,24,26). The maximum atomic E-state index is 13.2. The van der Waals surface area contributed by atoms with Crippen molar-refractivity contribution in [2.24, 2.45) is 5.92 Å². The van der Waals surface area contributed by atoms with Crippen molar-refractivity contribution in [3.63, 3.8) is 0 Å². The summed E-state index contributed by atoms with van der Waals surface area (Å²) in [5.74, 6) is 0.706. The highest BCUT2D eigenvalue weighted by molar-refractivity contribution is 6.15. The number of ether oxygens (including phenoxy) is 1. The van der Waals surface area contributed by atoms with Crippen molar-refractivity contribution in [2.75, 3.05) is 25.5 Å². The number of furan rings is 1. The Morgan fingerprint density at radius 3 is 2.52 bits per heavy atom. The Morgan fingerprint density at radius 2 is 1.76 bits per heavy atom. The largest absolute Gasteiger partial charge is 0.496 e. The summed E-state index contributed by atoms with van der Waals surface area (Å²) >= 11 is 0. The molecule has 1 aliphatic heterocycles. The van der Waals surface area contributed by atoms with Crippen LogP contribution in [0, 0.1) is 5.92 Å². The van der Waals surface area contributed by atoms with Gasteiger partial charge in [-0.1, -0.05) is 31.2 Å². The number of fused-ring (bicyclic) bond motifs is 1. The number of para-hydroxylation sites is 2. The van der Waals surface area contributed by atoms with Crippen molar-refractivity contribution in [3.8, 4) is 5.75 Å². The number of rotatable bonds is 4. The SMILES string of the molecule is COc1ccccc1C(=O)Nc1c(C(=O)N2CCC(C)CC2)oc2ccccc12. The molecule has 6 heteroatoms. The van der Waals surface area contributed by atoms with Crippen LogP contribution in [0.5, 0.6) is 5.75 Å². The van der Waals surface area contributed by atoms with Crippen LogP contribution in [-0.2, 0) is 0 Å². The summed E-state index contributed by atoms with van der Waals surface area (Å²) in [4.78, 5) is 28.0. The minimum Gasteiger partial charge on any atom is -0.496 e. The van der Waals surface area contributed by atoms with Crippen LogP contribution in [0.2, 0.25) is 0 Å². The summed E-state index contributed by atoms with van der Waals surface area (Å²) < 4.78 is 11.2. The zero-order valence-electron chi connectivity index (χ0n) is 16.6. The molecular weight excluding hydrogens is 368 g/mol. The Hall–Kier alpha value is -3.28. The number of amides is 2. The lowest BCUT2D eigenvalue weighted by Gasteiger charge is -2.29. The molecular formula is C23H24N2O4. The Balaban J connectivity index is 1.70. The van der Waals surface area contributed by atoms with Gasteiger partial charge in [-0.2, -0.15) is 0 Å². The number of nitrogens with zero attached hydrogens (tertiary/aromatic N) is 1. The van der Waals surface area contributed by atoms with E-state index < -0.39 is 0 Å². The first-order valence-electron chi connectivity index (χ1n) is 9.83. The molecule has 0 bridgehead atoms. The molecule has 0 radical (unpaired) electrons. The maximum Gasteiger partial charge on any atom is 0.291 e. The first-order chi connectivity index (χ1) is 14.1. The molecule has 0 aliphatic carbocycles. The van der Waals surface area contributed by atoms with Gasteiger partial charge in [0.15, 0.2) is 0 Å². The van der Waals surface area contributed by atoms with Gasteiger partial charge in [0.25, 0.3) is 11.8 Å². The van der Waals surface area contributed by atoms with Crippen LogP contribution in [0.25, 0.3) is 11.0 Å². The molecule has 6 nitrogen and oxygen atoms in total. The molecule has 0 spiro atoms. The molecule has 0 unspecified atom stereocenters. The molecule has 2 amide bonds. The van der Waals surface area contributed by atoms with Gasteiger partial charge >= 0.3 is 0 Å². The third-order valence-corrected chi connectivity index (χ3v) is 5.45. The van der Waals surface area contributed by atoms with E-state index in [1.807, 2.05) is 18.2 Å². The highest BCUT2D eigenvalue weighted by atomic mass is 16.5. The van der Waals surface area contributed by atoms with Crippen molar-refractivity contribution in [3.05, 3.63) is 59.9 Å². The topological polar surface area (TPSA) is 71.8 Å². The molecule has 1 N–H and O–H groups in total. The van der Waals surface area contributed by atoms with E-state index in [4.69, 9.17) is 9.15 Å². The molecule has 0 saturated carbocycles. The van der Waals surface area contributed by atoms with Gasteiger partial charge in [-0.15, -0.1) is 0 Å². The number of carbonyl (C=O) groups is 2. The fraction of sp³-hybridized carbons (Fsp3) is 0.304. The first kappa shape index (κ1) is 19.1. The minimum absolute atomic E-state index is 0.170. The van der Waals surface area contributed by atoms with Crippen LogP contribution in [0.4, 0.5) is 5.69 Å². The zero-order chi connectivity index (χ0) is 20.4. The Kier molecular flexibility index (Phi) is 5.25. The number of anilines is 1. The fourth-order valence-corrected chi connectivity index (χ4v) is 3.69. The van der Waals surface area contributed by atoms with Crippen LogP contribution >= 0.6 is 0 Å². The molecule has 2 aromatic carbocycles. The van der Waals surface area contributed by atoms with Crippen molar-refractivity contribution in [1.82, 2.24) is 4.90 Å². The van der Waals surface area contributed by atoms with Crippen LogP contribution in [0.3, 0.4) is 0 Å². The van der Waals surface area contributed by atoms with Crippen molar-refractivity contribution < 1.29 is 18.7 Å². The Labute approximate surface area is 169 Å². The van der Waals surface area contributed by atoms with Gasteiger partial charge in [-0.25, -0.2) is 0 Å². The number of hydrogen-bond donors (Lipinski definition) is 1. The van der Waals surface area contributed by atoms with Gasteiger partial charge < -0.3 is 19.4 Å². The van der Waals surface area contributed by atoms with E-state index in [1.54, 1.807) is 35.2 Å². The molecule has 3 aromatic rings. The second kappa shape index (κ2) is 7.99. The van der Waals surface area contributed by atoms with Crippen molar-refractivity contribution in [2.45, 2.75) is 19.8 Å².